The third-order valence-corrected chi connectivity index (χ3v) is 0.586. The Kier molecular flexibility index (Phi) is 60.0. The van der Waals surface area contributed by atoms with Crippen molar-refractivity contribution in [1.29, 1.82) is 0 Å². The van der Waals surface area contributed by atoms with Gasteiger partial charge in [0, 0.05) is 0 Å². The maximum absolute atomic E-state index is 3.50. The summed E-state index contributed by atoms with van der Waals surface area (Å²) in [5.41, 5.74) is 0. The van der Waals surface area contributed by atoms with Crippen LogP contribution in [0.5, 0.6) is 0 Å². The summed E-state index contributed by atoms with van der Waals surface area (Å²) in [6.07, 6.45) is 10.0. The molecule has 0 aromatic heterocycles. The molecule has 1 aliphatic rings. The first kappa shape index (κ1) is 24.5. The van der Waals surface area contributed by atoms with Crippen molar-refractivity contribution in [1.82, 2.24) is 0 Å². The average Bonchev–Trinajstić information content (AvgIpc) is 2.63. The molecule has 0 N–H and O–H groups in total. The van der Waals surface area contributed by atoms with Gasteiger partial charge in [-0.25, -0.2) is 12.2 Å². The van der Waals surface area contributed by atoms with Crippen LogP contribution in [0.3, 0.4) is 0 Å². The molecule has 3 nitrogen and oxygen atoms in total. The van der Waals surface area contributed by atoms with E-state index in [1.54, 1.807) is 42.3 Å². The second-order valence-corrected chi connectivity index (χ2v) is 2.34. The molecule has 0 spiro atoms. The van der Waals surface area contributed by atoms with Crippen molar-refractivity contribution in [2.45, 2.75) is 6.42 Å². The Balaban J connectivity index is -0.0000000550. The third kappa shape index (κ3) is 77.7. The number of hydrogen-bond donors (Lipinski definition) is 0. The van der Waals surface area contributed by atoms with Crippen molar-refractivity contribution >= 4 is 0 Å². The van der Waals surface area contributed by atoms with Crippen LogP contribution in [0.1, 0.15) is 6.42 Å². The van der Waals surface area contributed by atoms with E-state index < -0.39 is 0 Å². The van der Waals surface area contributed by atoms with Gasteiger partial charge in [0.05, 0.1) is 0 Å². The Labute approximate surface area is 115 Å². The van der Waals surface area contributed by atoms with E-state index >= 15 is 0 Å². The summed E-state index contributed by atoms with van der Waals surface area (Å²) in [5.74, 6) is 0. The van der Waals surface area contributed by atoms with Crippen molar-refractivity contribution in [3.05, 3.63) is 40.3 Å². The largest absolute Gasteiger partial charge is 4.00 e. The fraction of sp³-hybridized carbons (Fsp3) is 0.636. The predicted octanol–water partition coefficient (Wildman–Crippen LogP) is 3.16. The molecule has 0 amide bonds. The minimum Gasteiger partial charge on any atom is -0.668 e. The average molecular weight is 289 g/mol. The maximum Gasteiger partial charge on any atom is 4.00 e. The van der Waals surface area contributed by atoms with Crippen LogP contribution in [-0.4, -0.2) is 42.3 Å². The summed E-state index contributed by atoms with van der Waals surface area (Å²) in [4.78, 5) is 0. The SMILES string of the molecule is C[N-]C.C[N-]C.C[N-]C.[C-]1=CC=CC1.[Zr+4]. The fourth-order valence-electron chi connectivity index (χ4n) is 0.340. The van der Waals surface area contributed by atoms with Crippen LogP contribution >= 0.6 is 0 Å². The molecule has 4 heteroatoms. The fourth-order valence-corrected chi connectivity index (χ4v) is 0.340. The minimum absolute atomic E-state index is 0. The molecule has 0 saturated carbocycles. The van der Waals surface area contributed by atoms with E-state index in [2.05, 4.69) is 28.1 Å². The monoisotopic (exact) mass is 287 g/mol. The van der Waals surface area contributed by atoms with Crippen LogP contribution in [-0.2, 0) is 26.2 Å². The summed E-state index contributed by atoms with van der Waals surface area (Å²) in [7, 11) is 10.5. The first-order valence-corrected chi connectivity index (χ1v) is 4.40. The van der Waals surface area contributed by atoms with E-state index in [1.165, 1.54) is 0 Å². The molecule has 0 atom stereocenters. The standard InChI is InChI=1S/C5H5.3C2H6N.Zr/c1-2-4-5-3-1;3*1-3-2;/h1-3H,4H2;3*1-2H3;/q4*-1;+4. The molecular weight excluding hydrogens is 265 g/mol. The van der Waals surface area contributed by atoms with E-state index in [0.29, 0.717) is 0 Å². The van der Waals surface area contributed by atoms with Gasteiger partial charge in [-0.2, -0.15) is 48.4 Å². The summed E-state index contributed by atoms with van der Waals surface area (Å²) < 4.78 is 0. The van der Waals surface area contributed by atoms with Gasteiger partial charge < -0.3 is 16.0 Å². The zero-order chi connectivity index (χ0) is 11.7. The number of allylic oxidation sites excluding steroid dienone is 4. The molecule has 0 heterocycles. The van der Waals surface area contributed by atoms with E-state index in [0.717, 1.165) is 6.42 Å². The summed E-state index contributed by atoms with van der Waals surface area (Å²) in [6.45, 7) is 0. The Morgan fingerprint density at radius 1 is 0.867 bits per heavy atom. The molecule has 1 aliphatic carbocycles. The van der Waals surface area contributed by atoms with Gasteiger partial charge in [-0.05, 0) is 0 Å². The Morgan fingerprint density at radius 3 is 1.27 bits per heavy atom. The zero-order valence-corrected chi connectivity index (χ0v) is 13.2. The van der Waals surface area contributed by atoms with Crippen LogP contribution in [0.15, 0.2) is 18.2 Å². The van der Waals surface area contributed by atoms with E-state index in [4.69, 9.17) is 0 Å². The maximum atomic E-state index is 3.50. The molecule has 86 valence electrons. The van der Waals surface area contributed by atoms with Gasteiger partial charge >= 0.3 is 26.2 Å². The second kappa shape index (κ2) is 36.8. The van der Waals surface area contributed by atoms with Crippen molar-refractivity contribution in [3.63, 3.8) is 0 Å². The van der Waals surface area contributed by atoms with Gasteiger partial charge in [0.25, 0.3) is 0 Å². The van der Waals surface area contributed by atoms with Gasteiger partial charge in [-0.3, -0.25) is 6.08 Å². The van der Waals surface area contributed by atoms with E-state index in [1.807, 2.05) is 12.2 Å². The van der Waals surface area contributed by atoms with Crippen molar-refractivity contribution in [3.8, 4) is 0 Å². The molecule has 0 aromatic rings. The van der Waals surface area contributed by atoms with Crippen LogP contribution in [0.25, 0.3) is 16.0 Å². The van der Waals surface area contributed by atoms with Crippen molar-refractivity contribution in [2.24, 2.45) is 0 Å². The first-order valence-electron chi connectivity index (χ1n) is 4.40. The Hall–Kier alpha value is 0.243. The Morgan fingerprint density at radius 2 is 1.20 bits per heavy atom. The molecule has 0 radical (unpaired) electrons. The van der Waals surface area contributed by atoms with Gasteiger partial charge in [-0.1, -0.05) is 0 Å². The van der Waals surface area contributed by atoms with Gasteiger partial charge in [-0.15, -0.1) is 6.42 Å². The van der Waals surface area contributed by atoms with Crippen LogP contribution in [0, 0.1) is 6.08 Å². The Bertz CT molecular complexity index is 99.6. The van der Waals surface area contributed by atoms with Crippen LogP contribution in [0.4, 0.5) is 0 Å². The molecule has 0 unspecified atom stereocenters. The molecule has 1 rings (SSSR count). The number of hydrogen-bond acceptors (Lipinski definition) is 0. The van der Waals surface area contributed by atoms with Crippen molar-refractivity contribution < 1.29 is 26.2 Å². The van der Waals surface area contributed by atoms with Gasteiger partial charge in [0.1, 0.15) is 0 Å². The number of nitrogens with zero attached hydrogens (tertiary/aromatic N) is 3. The third-order valence-electron chi connectivity index (χ3n) is 0.586. The summed E-state index contributed by atoms with van der Waals surface area (Å²) >= 11 is 0. The molecule has 0 fully saturated rings. The summed E-state index contributed by atoms with van der Waals surface area (Å²) in [6, 6.07) is 0. The smallest absolute Gasteiger partial charge is 0.668 e. The molecule has 0 saturated heterocycles. The molecule has 0 bridgehead atoms. The molecule has 0 aliphatic heterocycles. The summed E-state index contributed by atoms with van der Waals surface area (Å²) in [5, 5.41) is 10.5. The van der Waals surface area contributed by atoms with Gasteiger partial charge in [0.15, 0.2) is 0 Å². The quantitative estimate of drug-likeness (QED) is 0.615. The second-order valence-electron chi connectivity index (χ2n) is 2.34. The van der Waals surface area contributed by atoms with E-state index in [-0.39, 0.29) is 26.2 Å². The van der Waals surface area contributed by atoms with Crippen molar-refractivity contribution in [2.75, 3.05) is 42.3 Å². The topological polar surface area (TPSA) is 42.3 Å². The number of rotatable bonds is 0. The minimum atomic E-state index is 0. The normalized spacial score (nSPS) is 9.47. The first-order chi connectivity index (χ1) is 6.74. The van der Waals surface area contributed by atoms with Crippen LogP contribution < -0.4 is 0 Å². The zero-order valence-electron chi connectivity index (χ0n) is 10.8. The molecular formula is C11H23N3Zr. The molecule has 15 heavy (non-hydrogen) atoms. The van der Waals surface area contributed by atoms with Crippen LogP contribution in [0.2, 0.25) is 0 Å². The van der Waals surface area contributed by atoms with E-state index in [9.17, 15) is 0 Å². The molecule has 0 aromatic carbocycles. The van der Waals surface area contributed by atoms with Gasteiger partial charge in [0.2, 0.25) is 0 Å². The predicted molar refractivity (Wildman–Crippen MR) is 67.2 cm³/mol.